The average Bonchev–Trinajstić information content (AvgIpc) is 2.40. The Morgan fingerprint density at radius 1 is 1.14 bits per heavy atom. The van der Waals surface area contributed by atoms with Crippen molar-refractivity contribution in [1.29, 1.82) is 0 Å². The average molecular weight is 316 g/mol. The van der Waals surface area contributed by atoms with Crippen molar-refractivity contribution < 1.29 is 22.0 Å². The topological polar surface area (TPSA) is 15.6 Å². The number of hydrogen-bond donors (Lipinski definition) is 0. The van der Waals surface area contributed by atoms with Crippen molar-refractivity contribution in [3.8, 4) is 0 Å². The van der Waals surface area contributed by atoms with Crippen LogP contribution < -0.4 is 0 Å². The number of alkyl halides is 3. The Labute approximate surface area is 123 Å². The van der Waals surface area contributed by atoms with E-state index in [0.717, 1.165) is 12.3 Å². The van der Waals surface area contributed by atoms with Gasteiger partial charge in [0.2, 0.25) is 0 Å². The molecule has 0 bridgehead atoms. The highest BCUT2D eigenvalue weighted by Gasteiger charge is 2.42. The first-order chi connectivity index (χ1) is 10.4. The zero-order chi connectivity index (χ0) is 15.9. The fraction of sp³-hybridized carbons (Fsp3) is 0.400. The van der Waals surface area contributed by atoms with Crippen LogP contribution in [0.15, 0.2) is 35.6 Å². The maximum absolute atomic E-state index is 13.8. The minimum absolute atomic E-state index is 0.232. The third kappa shape index (κ3) is 2.71. The van der Waals surface area contributed by atoms with E-state index in [4.69, 9.17) is 0 Å². The summed E-state index contributed by atoms with van der Waals surface area (Å²) < 4.78 is 65.0. The molecular weight excluding hydrogens is 303 g/mol. The fourth-order valence-corrected chi connectivity index (χ4v) is 2.91. The Bertz CT molecular complexity index is 635. The van der Waals surface area contributed by atoms with E-state index in [2.05, 4.69) is 4.99 Å². The molecule has 0 radical (unpaired) electrons. The largest absolute Gasteiger partial charge is 0.431 e. The molecule has 1 aromatic rings. The molecule has 0 amide bonds. The molecule has 0 aromatic heterocycles. The lowest BCUT2D eigenvalue weighted by Crippen LogP contribution is -2.48. The summed E-state index contributed by atoms with van der Waals surface area (Å²) in [5.74, 6) is -1.56. The molecule has 1 aliphatic heterocycles. The van der Waals surface area contributed by atoms with Gasteiger partial charge in [-0.2, -0.15) is 13.2 Å². The van der Waals surface area contributed by atoms with Crippen LogP contribution in [0.25, 0.3) is 0 Å². The van der Waals surface area contributed by atoms with Crippen LogP contribution in [0.2, 0.25) is 0 Å². The Hall–Kier alpha value is -1.92. The summed E-state index contributed by atoms with van der Waals surface area (Å²) in [4.78, 5) is 4.90. The van der Waals surface area contributed by atoms with Crippen LogP contribution in [0.5, 0.6) is 0 Å². The van der Waals surface area contributed by atoms with Crippen LogP contribution in [-0.4, -0.2) is 29.4 Å². The van der Waals surface area contributed by atoms with Gasteiger partial charge in [0.25, 0.3) is 0 Å². The van der Waals surface area contributed by atoms with Gasteiger partial charge in [-0.25, -0.2) is 8.78 Å². The second-order valence-electron chi connectivity index (χ2n) is 5.46. The van der Waals surface area contributed by atoms with E-state index in [1.165, 1.54) is 23.2 Å². The van der Waals surface area contributed by atoms with E-state index < -0.39 is 23.5 Å². The maximum atomic E-state index is 13.8. The summed E-state index contributed by atoms with van der Waals surface area (Å²) in [6.07, 6.45) is -0.535. The van der Waals surface area contributed by atoms with Crippen LogP contribution in [0.3, 0.4) is 0 Å². The van der Waals surface area contributed by atoms with Crippen LogP contribution in [0, 0.1) is 11.6 Å². The lowest BCUT2D eigenvalue weighted by molar-refractivity contribution is -0.0621. The number of aliphatic imine (C=N–C) groups is 1. The molecule has 118 valence electrons. The molecule has 0 N–H and O–H groups in total. The molecule has 2 atom stereocenters. The molecule has 0 spiro atoms. The quantitative estimate of drug-likeness (QED) is 0.753. The molecule has 1 fully saturated rings. The molecule has 7 heteroatoms. The van der Waals surface area contributed by atoms with Gasteiger partial charge in [0.15, 0.2) is 0 Å². The third-order valence-electron chi connectivity index (χ3n) is 4.17. The minimum Gasteiger partial charge on any atom is -0.367 e. The van der Waals surface area contributed by atoms with E-state index in [9.17, 15) is 22.0 Å². The van der Waals surface area contributed by atoms with E-state index in [1.807, 2.05) is 0 Å². The SMILES string of the molecule is Fc1ccc([C@@H]2CC[C@@H]2N2C=CN=C(C(F)(F)F)C2)c(F)c1. The molecule has 0 unspecified atom stereocenters. The van der Waals surface area contributed by atoms with Crippen molar-refractivity contribution in [2.24, 2.45) is 4.99 Å². The Kier molecular flexibility index (Phi) is 3.66. The second kappa shape index (κ2) is 5.37. The van der Waals surface area contributed by atoms with Crippen molar-refractivity contribution in [3.05, 3.63) is 47.8 Å². The standard InChI is InChI=1S/C15H13F5N2/c16-9-1-2-10(12(17)7-9)11-3-4-13(11)22-6-5-21-14(8-22)15(18,19)20/h1-2,5-7,11,13H,3-4,8H2/t11-,13-/m0/s1. The smallest absolute Gasteiger partial charge is 0.367 e. The minimum atomic E-state index is -4.47. The summed E-state index contributed by atoms with van der Waals surface area (Å²) in [7, 11) is 0. The van der Waals surface area contributed by atoms with Crippen molar-refractivity contribution in [3.63, 3.8) is 0 Å². The summed E-state index contributed by atoms with van der Waals surface area (Å²) >= 11 is 0. The molecule has 2 nitrogen and oxygen atoms in total. The van der Waals surface area contributed by atoms with Gasteiger partial charge in [-0.15, -0.1) is 0 Å². The van der Waals surface area contributed by atoms with Crippen LogP contribution in [-0.2, 0) is 0 Å². The zero-order valence-corrected chi connectivity index (χ0v) is 11.4. The van der Waals surface area contributed by atoms with Gasteiger partial charge >= 0.3 is 6.18 Å². The van der Waals surface area contributed by atoms with Gasteiger partial charge in [0.05, 0.1) is 6.54 Å². The lowest BCUT2D eigenvalue weighted by atomic mass is 9.74. The van der Waals surface area contributed by atoms with E-state index in [1.54, 1.807) is 0 Å². The highest BCUT2D eigenvalue weighted by molar-refractivity contribution is 5.92. The van der Waals surface area contributed by atoms with E-state index in [0.29, 0.717) is 18.4 Å². The summed E-state index contributed by atoms with van der Waals surface area (Å²) in [5.41, 5.74) is -0.512. The van der Waals surface area contributed by atoms with Crippen LogP contribution in [0.4, 0.5) is 22.0 Å². The fourth-order valence-electron chi connectivity index (χ4n) is 2.91. The van der Waals surface area contributed by atoms with Crippen molar-refractivity contribution in [1.82, 2.24) is 4.90 Å². The van der Waals surface area contributed by atoms with Crippen molar-refractivity contribution in [2.75, 3.05) is 6.54 Å². The summed E-state index contributed by atoms with van der Waals surface area (Å²) in [5, 5.41) is 0. The van der Waals surface area contributed by atoms with Gasteiger partial charge in [0.1, 0.15) is 17.3 Å². The molecule has 3 rings (SSSR count). The highest BCUT2D eigenvalue weighted by Crippen LogP contribution is 2.42. The van der Waals surface area contributed by atoms with Crippen LogP contribution >= 0.6 is 0 Å². The third-order valence-corrected chi connectivity index (χ3v) is 4.17. The molecule has 0 saturated heterocycles. The zero-order valence-electron chi connectivity index (χ0n) is 11.4. The van der Waals surface area contributed by atoms with Gasteiger partial charge in [0, 0.05) is 30.4 Å². The molecule has 1 heterocycles. The maximum Gasteiger partial charge on any atom is 0.431 e. The molecular formula is C15H13F5N2. The molecule has 1 aromatic carbocycles. The normalized spacial score (nSPS) is 25.0. The first-order valence-corrected chi connectivity index (χ1v) is 6.87. The predicted molar refractivity (Wildman–Crippen MR) is 71.5 cm³/mol. The van der Waals surface area contributed by atoms with Crippen LogP contribution in [0.1, 0.15) is 24.3 Å². The number of benzene rings is 1. The lowest BCUT2D eigenvalue weighted by Gasteiger charge is -2.45. The number of rotatable bonds is 2. The summed E-state index contributed by atoms with van der Waals surface area (Å²) in [6.45, 7) is -0.343. The number of hydrogen-bond acceptors (Lipinski definition) is 2. The van der Waals surface area contributed by atoms with E-state index in [-0.39, 0.29) is 18.5 Å². The molecule has 1 aliphatic carbocycles. The predicted octanol–water partition coefficient (Wildman–Crippen LogP) is 4.00. The molecule has 22 heavy (non-hydrogen) atoms. The highest BCUT2D eigenvalue weighted by atomic mass is 19.4. The van der Waals surface area contributed by atoms with Gasteiger partial charge in [-0.05, 0) is 24.5 Å². The van der Waals surface area contributed by atoms with Gasteiger partial charge < -0.3 is 4.90 Å². The first kappa shape index (κ1) is 15.0. The second-order valence-corrected chi connectivity index (χ2v) is 5.46. The molecule has 1 saturated carbocycles. The number of halogens is 5. The van der Waals surface area contributed by atoms with Gasteiger partial charge in [-0.1, -0.05) is 6.07 Å². The Morgan fingerprint density at radius 3 is 2.50 bits per heavy atom. The Morgan fingerprint density at radius 2 is 1.91 bits per heavy atom. The van der Waals surface area contributed by atoms with Gasteiger partial charge in [-0.3, -0.25) is 4.99 Å². The van der Waals surface area contributed by atoms with E-state index >= 15 is 0 Å². The van der Waals surface area contributed by atoms with Crippen molar-refractivity contribution >= 4 is 5.71 Å². The number of nitrogens with zero attached hydrogens (tertiary/aromatic N) is 2. The van der Waals surface area contributed by atoms with Crippen molar-refractivity contribution in [2.45, 2.75) is 31.0 Å². The Balaban J connectivity index is 1.77. The molecule has 2 aliphatic rings. The monoisotopic (exact) mass is 316 g/mol. The first-order valence-electron chi connectivity index (χ1n) is 6.87. The summed E-state index contributed by atoms with van der Waals surface area (Å²) in [6, 6.07) is 3.11.